The van der Waals surface area contributed by atoms with Gasteiger partial charge in [-0.1, -0.05) is 41.7 Å². The quantitative estimate of drug-likeness (QED) is 0.711. The molecule has 0 radical (unpaired) electrons. The zero-order chi connectivity index (χ0) is 17.9. The minimum absolute atomic E-state index is 0.121. The molecule has 1 amide bonds. The van der Waals surface area contributed by atoms with E-state index in [0.29, 0.717) is 11.3 Å². The number of carbonyl (C=O) groups is 1. The van der Waals surface area contributed by atoms with Crippen molar-refractivity contribution in [1.29, 1.82) is 0 Å². The van der Waals surface area contributed by atoms with E-state index in [2.05, 4.69) is 20.6 Å². The molecule has 3 aromatic rings. The van der Waals surface area contributed by atoms with E-state index in [-0.39, 0.29) is 5.91 Å². The molecule has 0 saturated carbocycles. The summed E-state index contributed by atoms with van der Waals surface area (Å²) in [6, 6.07) is 17.2. The average molecular weight is 361 g/mol. The number of hydrazone groups is 1. The largest absolute Gasteiger partial charge is 0.330 e. The average Bonchev–Trinajstić information content (AvgIpc) is 3.27. The lowest BCUT2D eigenvalue weighted by atomic mass is 10.1. The lowest BCUT2D eigenvalue weighted by Gasteiger charge is -2.11. The fraction of sp³-hybridized carbons (Fsp3) is 0.0526. The van der Waals surface area contributed by atoms with Gasteiger partial charge in [0.25, 0.3) is 5.91 Å². The highest BCUT2D eigenvalue weighted by atomic mass is 32.1. The number of amides is 1. The van der Waals surface area contributed by atoms with Gasteiger partial charge in [0.2, 0.25) is 5.13 Å². The normalized spacial score (nSPS) is 15.4. The first kappa shape index (κ1) is 16.2. The van der Waals surface area contributed by atoms with Gasteiger partial charge in [-0.2, -0.15) is 10.1 Å². The van der Waals surface area contributed by atoms with Crippen molar-refractivity contribution in [1.82, 2.24) is 10.2 Å². The zero-order valence-electron chi connectivity index (χ0n) is 14.0. The maximum Gasteiger partial charge on any atom is 0.280 e. The Morgan fingerprint density at radius 2 is 1.85 bits per heavy atom. The second-order valence-electron chi connectivity index (χ2n) is 5.69. The fourth-order valence-corrected chi connectivity index (χ4v) is 3.07. The SMILES string of the molecule is CC1=NN(c2ccccc2)C(=O)/C1=C/c1ccc(Nc2nncs2)cc1. The number of nitrogens with one attached hydrogen (secondary N) is 1. The van der Waals surface area contributed by atoms with Gasteiger partial charge >= 0.3 is 0 Å². The summed E-state index contributed by atoms with van der Waals surface area (Å²) in [7, 11) is 0. The summed E-state index contributed by atoms with van der Waals surface area (Å²) in [5.41, 5.74) is 5.58. The zero-order valence-corrected chi connectivity index (χ0v) is 14.8. The van der Waals surface area contributed by atoms with Gasteiger partial charge in [0, 0.05) is 5.69 Å². The van der Waals surface area contributed by atoms with Crippen LogP contribution < -0.4 is 10.3 Å². The standard InChI is InChI=1S/C19H15N5OS/c1-13-17(18(25)24(23-13)16-5-3-2-4-6-16)11-14-7-9-15(10-8-14)21-19-22-20-12-26-19/h2-12H,1H3,(H,21,22)/b17-11+. The molecule has 0 saturated heterocycles. The molecule has 2 heterocycles. The summed E-state index contributed by atoms with van der Waals surface area (Å²) in [5, 5.41) is 17.5. The summed E-state index contributed by atoms with van der Waals surface area (Å²) in [4.78, 5) is 12.7. The Labute approximate surface area is 154 Å². The van der Waals surface area contributed by atoms with Crippen LogP contribution in [0.4, 0.5) is 16.5 Å². The van der Waals surface area contributed by atoms with E-state index < -0.39 is 0 Å². The van der Waals surface area contributed by atoms with Crippen molar-refractivity contribution < 1.29 is 4.79 Å². The van der Waals surface area contributed by atoms with E-state index in [4.69, 9.17) is 0 Å². The summed E-state index contributed by atoms with van der Waals surface area (Å²) in [6.07, 6.45) is 1.86. The number of hydrogen-bond acceptors (Lipinski definition) is 6. The number of carbonyl (C=O) groups excluding carboxylic acids is 1. The maximum absolute atomic E-state index is 12.7. The van der Waals surface area contributed by atoms with Crippen LogP contribution in [0.1, 0.15) is 12.5 Å². The molecule has 4 rings (SSSR count). The van der Waals surface area contributed by atoms with Crippen LogP contribution >= 0.6 is 11.3 Å². The molecular weight excluding hydrogens is 346 g/mol. The molecule has 0 fully saturated rings. The fourth-order valence-electron chi connectivity index (χ4n) is 2.61. The molecule has 26 heavy (non-hydrogen) atoms. The van der Waals surface area contributed by atoms with Crippen LogP contribution in [-0.2, 0) is 4.79 Å². The minimum Gasteiger partial charge on any atom is -0.330 e. The predicted molar refractivity (Wildman–Crippen MR) is 105 cm³/mol. The van der Waals surface area contributed by atoms with Crippen molar-refractivity contribution >= 4 is 45.5 Å². The highest BCUT2D eigenvalue weighted by molar-refractivity contribution is 7.13. The maximum atomic E-state index is 12.7. The molecule has 0 atom stereocenters. The van der Waals surface area contributed by atoms with Gasteiger partial charge in [-0.3, -0.25) is 4.79 Å². The molecule has 0 bridgehead atoms. The molecule has 1 aliphatic heterocycles. The molecule has 2 aromatic carbocycles. The Hall–Kier alpha value is -3.32. The molecule has 6 nitrogen and oxygen atoms in total. The van der Waals surface area contributed by atoms with Gasteiger partial charge in [-0.05, 0) is 42.8 Å². The molecule has 0 spiro atoms. The summed E-state index contributed by atoms with van der Waals surface area (Å²) >= 11 is 1.44. The molecule has 128 valence electrons. The topological polar surface area (TPSA) is 70.5 Å². The van der Waals surface area contributed by atoms with Gasteiger partial charge in [-0.25, -0.2) is 0 Å². The monoisotopic (exact) mass is 361 g/mol. The van der Waals surface area contributed by atoms with Crippen molar-refractivity contribution in [3.05, 3.63) is 71.2 Å². The van der Waals surface area contributed by atoms with Crippen LogP contribution in [0.2, 0.25) is 0 Å². The third-order valence-electron chi connectivity index (χ3n) is 3.90. The third kappa shape index (κ3) is 3.25. The number of nitrogens with zero attached hydrogens (tertiary/aromatic N) is 4. The molecule has 0 aliphatic carbocycles. The van der Waals surface area contributed by atoms with Crippen LogP contribution in [0.15, 0.2) is 70.8 Å². The lowest BCUT2D eigenvalue weighted by Crippen LogP contribution is -2.21. The first-order valence-corrected chi connectivity index (χ1v) is 8.89. The van der Waals surface area contributed by atoms with Crippen molar-refractivity contribution in [2.75, 3.05) is 10.3 Å². The van der Waals surface area contributed by atoms with Crippen molar-refractivity contribution in [3.8, 4) is 0 Å². The highest BCUT2D eigenvalue weighted by Crippen LogP contribution is 2.25. The van der Waals surface area contributed by atoms with E-state index >= 15 is 0 Å². The number of aromatic nitrogens is 2. The van der Waals surface area contributed by atoms with Crippen LogP contribution in [0.25, 0.3) is 6.08 Å². The Morgan fingerprint density at radius 3 is 2.54 bits per heavy atom. The molecule has 1 aliphatic rings. The number of benzene rings is 2. The number of para-hydroxylation sites is 1. The Balaban J connectivity index is 1.54. The first-order valence-electron chi connectivity index (χ1n) is 8.01. The number of rotatable bonds is 4. The van der Waals surface area contributed by atoms with Gasteiger partial charge < -0.3 is 5.32 Å². The number of anilines is 3. The van der Waals surface area contributed by atoms with E-state index in [1.807, 2.05) is 67.6 Å². The molecule has 1 aromatic heterocycles. The number of hydrogen-bond donors (Lipinski definition) is 1. The Kier molecular flexibility index (Phi) is 4.28. The van der Waals surface area contributed by atoms with Gasteiger partial charge in [0.05, 0.1) is 17.0 Å². The molecule has 1 N–H and O–H groups in total. The smallest absolute Gasteiger partial charge is 0.280 e. The minimum atomic E-state index is -0.121. The Bertz CT molecular complexity index is 979. The van der Waals surface area contributed by atoms with E-state index in [9.17, 15) is 4.79 Å². The third-order valence-corrected chi connectivity index (χ3v) is 4.50. The predicted octanol–water partition coefficient (Wildman–Crippen LogP) is 4.09. The lowest BCUT2D eigenvalue weighted by molar-refractivity contribution is -0.114. The van der Waals surface area contributed by atoms with E-state index in [1.165, 1.54) is 16.3 Å². The van der Waals surface area contributed by atoms with Gasteiger partial charge in [-0.15, -0.1) is 10.2 Å². The molecule has 0 unspecified atom stereocenters. The second-order valence-corrected chi connectivity index (χ2v) is 6.52. The van der Waals surface area contributed by atoms with Crippen LogP contribution in [-0.4, -0.2) is 21.8 Å². The Morgan fingerprint density at radius 1 is 1.08 bits per heavy atom. The van der Waals surface area contributed by atoms with Crippen LogP contribution in [0.3, 0.4) is 0 Å². The van der Waals surface area contributed by atoms with E-state index in [0.717, 1.165) is 22.1 Å². The molecule has 7 heteroatoms. The van der Waals surface area contributed by atoms with Gasteiger partial charge in [0.15, 0.2) is 0 Å². The van der Waals surface area contributed by atoms with Crippen LogP contribution in [0.5, 0.6) is 0 Å². The second kappa shape index (κ2) is 6.89. The first-order chi connectivity index (χ1) is 12.7. The highest BCUT2D eigenvalue weighted by Gasteiger charge is 2.28. The summed E-state index contributed by atoms with van der Waals surface area (Å²) < 4.78 is 0. The molecular formula is C19H15N5OS. The van der Waals surface area contributed by atoms with Gasteiger partial charge in [0.1, 0.15) is 5.51 Å². The summed E-state index contributed by atoms with van der Waals surface area (Å²) in [6.45, 7) is 1.85. The van der Waals surface area contributed by atoms with Crippen LogP contribution in [0, 0.1) is 0 Å². The van der Waals surface area contributed by atoms with E-state index in [1.54, 1.807) is 5.51 Å². The van der Waals surface area contributed by atoms with Crippen molar-refractivity contribution in [2.24, 2.45) is 5.10 Å². The van der Waals surface area contributed by atoms with Crippen molar-refractivity contribution in [2.45, 2.75) is 6.92 Å². The summed E-state index contributed by atoms with van der Waals surface area (Å²) in [5.74, 6) is -0.121. The van der Waals surface area contributed by atoms with Crippen molar-refractivity contribution in [3.63, 3.8) is 0 Å².